The Hall–Kier alpha value is -0.0800. The van der Waals surface area contributed by atoms with Crippen LogP contribution in [0.5, 0.6) is 0 Å². The predicted molar refractivity (Wildman–Crippen MR) is 74.4 cm³/mol. The molecule has 17 heavy (non-hydrogen) atoms. The molecule has 0 amide bonds. The van der Waals surface area contributed by atoms with Gasteiger partial charge in [-0.2, -0.15) is 0 Å². The Bertz CT molecular complexity index is 201. The van der Waals surface area contributed by atoms with E-state index in [1.807, 2.05) is 0 Å². The van der Waals surface area contributed by atoms with Gasteiger partial charge in [0.2, 0.25) is 0 Å². The van der Waals surface area contributed by atoms with E-state index in [1.165, 1.54) is 51.5 Å². The summed E-state index contributed by atoms with van der Waals surface area (Å²) in [4.78, 5) is 0. The molecule has 1 fully saturated rings. The Morgan fingerprint density at radius 1 is 1.12 bits per heavy atom. The molecule has 0 atom stereocenters. The first-order valence-electron chi connectivity index (χ1n) is 7.21. The van der Waals surface area contributed by atoms with E-state index < -0.39 is 0 Å². The van der Waals surface area contributed by atoms with Crippen LogP contribution in [0.25, 0.3) is 0 Å². The summed E-state index contributed by atoms with van der Waals surface area (Å²) >= 11 is 0. The quantitative estimate of drug-likeness (QED) is 0.715. The second-order valence-electron chi connectivity index (χ2n) is 6.76. The number of methoxy groups -OCH3 is 1. The third-order valence-corrected chi connectivity index (χ3v) is 3.96. The normalized spacial score (nSPS) is 20.5. The second kappa shape index (κ2) is 6.75. The molecule has 1 saturated carbocycles. The summed E-state index contributed by atoms with van der Waals surface area (Å²) < 4.78 is 5.20. The van der Waals surface area contributed by atoms with Crippen LogP contribution < -0.4 is 5.32 Å². The molecule has 0 aromatic carbocycles. The van der Waals surface area contributed by atoms with Crippen molar-refractivity contribution in [1.82, 2.24) is 5.32 Å². The monoisotopic (exact) mass is 241 g/mol. The Balaban J connectivity index is 2.46. The lowest BCUT2D eigenvalue weighted by molar-refractivity contribution is 0.123. The van der Waals surface area contributed by atoms with E-state index in [9.17, 15) is 0 Å². The molecule has 1 N–H and O–H groups in total. The summed E-state index contributed by atoms with van der Waals surface area (Å²) in [6.07, 6.45) is 9.60. The summed E-state index contributed by atoms with van der Waals surface area (Å²) in [5.41, 5.74) is 0.787. The van der Waals surface area contributed by atoms with Crippen LogP contribution in [-0.2, 0) is 4.74 Å². The lowest BCUT2D eigenvalue weighted by atomic mass is 9.71. The molecule has 0 saturated heterocycles. The largest absolute Gasteiger partial charge is 0.385 e. The van der Waals surface area contributed by atoms with Crippen molar-refractivity contribution < 1.29 is 4.74 Å². The fraction of sp³-hybridized carbons (Fsp3) is 1.00. The Kier molecular flexibility index (Phi) is 5.94. The maximum atomic E-state index is 5.20. The molecule has 0 spiro atoms. The smallest absolute Gasteiger partial charge is 0.0462 e. The zero-order valence-electron chi connectivity index (χ0n) is 12.3. The number of nitrogens with one attached hydrogen (secondary N) is 1. The summed E-state index contributed by atoms with van der Waals surface area (Å²) in [7, 11) is 1.81. The molecule has 2 heteroatoms. The average Bonchev–Trinajstić information content (AvgIpc) is 2.28. The minimum Gasteiger partial charge on any atom is -0.385 e. The van der Waals surface area contributed by atoms with E-state index in [0.29, 0.717) is 5.41 Å². The van der Waals surface area contributed by atoms with Crippen molar-refractivity contribution in [2.75, 3.05) is 20.3 Å². The molecule has 0 radical (unpaired) electrons. The van der Waals surface area contributed by atoms with E-state index >= 15 is 0 Å². The fourth-order valence-electron chi connectivity index (χ4n) is 2.86. The van der Waals surface area contributed by atoms with Crippen LogP contribution in [0.3, 0.4) is 0 Å². The molecule has 0 aromatic heterocycles. The van der Waals surface area contributed by atoms with Crippen LogP contribution >= 0.6 is 0 Å². The van der Waals surface area contributed by atoms with Crippen LogP contribution in [-0.4, -0.2) is 25.8 Å². The molecule has 0 unspecified atom stereocenters. The van der Waals surface area contributed by atoms with Gasteiger partial charge < -0.3 is 10.1 Å². The third kappa shape index (κ3) is 5.87. The van der Waals surface area contributed by atoms with E-state index in [1.54, 1.807) is 7.11 Å². The van der Waals surface area contributed by atoms with Crippen LogP contribution in [0.15, 0.2) is 0 Å². The van der Waals surface area contributed by atoms with Crippen molar-refractivity contribution in [1.29, 1.82) is 0 Å². The maximum absolute atomic E-state index is 5.20. The van der Waals surface area contributed by atoms with E-state index in [0.717, 1.165) is 6.61 Å². The molecule has 1 aliphatic carbocycles. The maximum Gasteiger partial charge on any atom is 0.0462 e. The SMILES string of the molecule is COCCCC1(CNC(C)(C)C)CCCCC1. The minimum atomic E-state index is 0.242. The molecule has 102 valence electrons. The van der Waals surface area contributed by atoms with Gasteiger partial charge in [0.05, 0.1) is 0 Å². The van der Waals surface area contributed by atoms with Crippen LogP contribution in [0.2, 0.25) is 0 Å². The molecule has 0 bridgehead atoms. The summed E-state index contributed by atoms with van der Waals surface area (Å²) in [6.45, 7) is 8.88. The van der Waals surface area contributed by atoms with E-state index in [4.69, 9.17) is 4.74 Å². The summed E-state index contributed by atoms with van der Waals surface area (Å²) in [5.74, 6) is 0. The first-order valence-corrected chi connectivity index (χ1v) is 7.21. The highest BCUT2D eigenvalue weighted by Gasteiger charge is 2.32. The third-order valence-electron chi connectivity index (χ3n) is 3.96. The Morgan fingerprint density at radius 2 is 1.76 bits per heavy atom. The van der Waals surface area contributed by atoms with Crippen LogP contribution in [0.1, 0.15) is 65.7 Å². The first-order chi connectivity index (χ1) is 7.97. The predicted octanol–water partition coefficient (Wildman–Crippen LogP) is 3.75. The van der Waals surface area contributed by atoms with Gasteiger partial charge in [-0.3, -0.25) is 0 Å². The van der Waals surface area contributed by atoms with Gasteiger partial charge in [-0.15, -0.1) is 0 Å². The molecular weight excluding hydrogens is 210 g/mol. The second-order valence-corrected chi connectivity index (χ2v) is 6.76. The molecular formula is C15H31NO. The minimum absolute atomic E-state index is 0.242. The van der Waals surface area contributed by atoms with Crippen molar-refractivity contribution >= 4 is 0 Å². The number of rotatable bonds is 6. The molecule has 1 rings (SSSR count). The average molecular weight is 241 g/mol. The highest BCUT2D eigenvalue weighted by molar-refractivity contribution is 4.87. The van der Waals surface area contributed by atoms with Gasteiger partial charge in [0.1, 0.15) is 0 Å². The molecule has 0 aromatic rings. The van der Waals surface area contributed by atoms with Crippen molar-refractivity contribution in [2.45, 2.75) is 71.3 Å². The fourth-order valence-corrected chi connectivity index (χ4v) is 2.86. The van der Waals surface area contributed by atoms with Gasteiger partial charge in [-0.1, -0.05) is 19.3 Å². The van der Waals surface area contributed by atoms with Gasteiger partial charge in [-0.25, -0.2) is 0 Å². The zero-order valence-corrected chi connectivity index (χ0v) is 12.3. The van der Waals surface area contributed by atoms with Gasteiger partial charge >= 0.3 is 0 Å². The summed E-state index contributed by atoms with van der Waals surface area (Å²) in [5, 5.41) is 3.72. The molecule has 1 aliphatic rings. The van der Waals surface area contributed by atoms with Gasteiger partial charge in [0.25, 0.3) is 0 Å². The number of hydrogen-bond acceptors (Lipinski definition) is 2. The van der Waals surface area contributed by atoms with Crippen molar-refractivity contribution in [3.05, 3.63) is 0 Å². The van der Waals surface area contributed by atoms with Gasteiger partial charge in [0, 0.05) is 25.8 Å². The van der Waals surface area contributed by atoms with Crippen molar-refractivity contribution in [3.63, 3.8) is 0 Å². The summed E-state index contributed by atoms with van der Waals surface area (Å²) in [6, 6.07) is 0. The zero-order chi connectivity index (χ0) is 12.8. The van der Waals surface area contributed by atoms with Crippen molar-refractivity contribution in [2.24, 2.45) is 5.41 Å². The Morgan fingerprint density at radius 3 is 2.29 bits per heavy atom. The molecule has 2 nitrogen and oxygen atoms in total. The number of hydrogen-bond donors (Lipinski definition) is 1. The lowest BCUT2D eigenvalue weighted by Gasteiger charge is -2.40. The van der Waals surface area contributed by atoms with Gasteiger partial charge in [-0.05, 0) is 51.9 Å². The molecule has 0 heterocycles. The lowest BCUT2D eigenvalue weighted by Crippen LogP contribution is -2.44. The standard InChI is InChI=1S/C15H31NO/c1-14(2,3)16-13-15(11-8-12-17-4)9-6-5-7-10-15/h16H,5-13H2,1-4H3. The first kappa shape index (κ1) is 15.0. The molecule has 0 aliphatic heterocycles. The van der Waals surface area contributed by atoms with Gasteiger partial charge in [0.15, 0.2) is 0 Å². The van der Waals surface area contributed by atoms with E-state index in [-0.39, 0.29) is 5.54 Å². The highest BCUT2D eigenvalue weighted by atomic mass is 16.5. The topological polar surface area (TPSA) is 21.3 Å². The Labute approximate surface area is 108 Å². The van der Waals surface area contributed by atoms with Crippen molar-refractivity contribution in [3.8, 4) is 0 Å². The van der Waals surface area contributed by atoms with Crippen LogP contribution in [0.4, 0.5) is 0 Å². The highest BCUT2D eigenvalue weighted by Crippen LogP contribution is 2.40. The number of ether oxygens (including phenoxy) is 1. The van der Waals surface area contributed by atoms with Crippen LogP contribution in [0, 0.1) is 5.41 Å². The van der Waals surface area contributed by atoms with E-state index in [2.05, 4.69) is 26.1 Å².